The molecule has 0 saturated heterocycles. The first kappa shape index (κ1) is 20.8. The molecule has 2 aromatic rings. The van der Waals surface area contributed by atoms with Crippen molar-refractivity contribution in [2.75, 3.05) is 0 Å². The predicted octanol–water partition coefficient (Wildman–Crippen LogP) is 2.82. The lowest BCUT2D eigenvalue weighted by molar-refractivity contribution is -0.384. The summed E-state index contributed by atoms with van der Waals surface area (Å²) in [6, 6.07) is 11.5. The second-order valence-corrected chi connectivity index (χ2v) is 6.03. The smallest absolute Gasteiger partial charge is 0.340 e. The molecule has 28 heavy (non-hydrogen) atoms. The van der Waals surface area contributed by atoms with Gasteiger partial charge in [0.1, 0.15) is 0 Å². The first-order chi connectivity index (χ1) is 13.3. The molecule has 2 N–H and O–H groups in total. The molecule has 1 unspecified atom stereocenters. The monoisotopic (exact) mass is 405 g/mol. The van der Waals surface area contributed by atoms with E-state index >= 15 is 0 Å². The van der Waals surface area contributed by atoms with Crippen molar-refractivity contribution in [2.24, 2.45) is 0 Å². The van der Waals surface area contributed by atoms with Gasteiger partial charge < -0.3 is 10.1 Å². The topological polar surface area (TPSA) is 128 Å². The third-order valence-corrected chi connectivity index (χ3v) is 3.90. The highest BCUT2D eigenvalue weighted by Crippen LogP contribution is 2.23. The SMILES string of the molecule is CC(OC(=O)c1cc([N+](=O)[O-])ccc1Cl)C(=O)NC(=O)NCc1ccccc1. The molecule has 1 atom stereocenters. The Bertz CT molecular complexity index is 903. The number of urea groups is 1. The van der Waals surface area contributed by atoms with Crippen molar-refractivity contribution >= 4 is 35.2 Å². The molecule has 2 rings (SSSR count). The number of nitro benzene ring substituents is 1. The van der Waals surface area contributed by atoms with Crippen LogP contribution in [-0.4, -0.2) is 28.9 Å². The van der Waals surface area contributed by atoms with Crippen molar-refractivity contribution in [2.45, 2.75) is 19.6 Å². The van der Waals surface area contributed by atoms with E-state index in [1.54, 1.807) is 24.3 Å². The Labute approximate surface area is 164 Å². The van der Waals surface area contributed by atoms with Gasteiger partial charge >= 0.3 is 12.0 Å². The van der Waals surface area contributed by atoms with E-state index in [-0.39, 0.29) is 22.8 Å². The van der Waals surface area contributed by atoms with Gasteiger partial charge in [-0.2, -0.15) is 0 Å². The number of ether oxygens (including phenoxy) is 1. The first-order valence-electron chi connectivity index (χ1n) is 8.05. The van der Waals surface area contributed by atoms with E-state index in [4.69, 9.17) is 16.3 Å². The number of hydrogen-bond donors (Lipinski definition) is 2. The molecule has 0 aliphatic heterocycles. The zero-order valence-corrected chi connectivity index (χ0v) is 15.4. The van der Waals surface area contributed by atoms with Crippen LogP contribution >= 0.6 is 11.6 Å². The normalized spacial score (nSPS) is 11.2. The predicted molar refractivity (Wildman–Crippen MR) is 99.8 cm³/mol. The number of carbonyl (C=O) groups is 3. The molecular weight excluding hydrogens is 390 g/mol. The molecule has 2 aromatic carbocycles. The van der Waals surface area contributed by atoms with Gasteiger partial charge in [-0.05, 0) is 18.6 Å². The van der Waals surface area contributed by atoms with Gasteiger partial charge in [-0.3, -0.25) is 20.2 Å². The summed E-state index contributed by atoms with van der Waals surface area (Å²) < 4.78 is 4.94. The first-order valence-corrected chi connectivity index (χ1v) is 8.43. The lowest BCUT2D eigenvalue weighted by Crippen LogP contribution is -2.44. The zero-order chi connectivity index (χ0) is 20.7. The molecule has 0 aromatic heterocycles. The quantitative estimate of drug-likeness (QED) is 0.432. The molecule has 3 amide bonds. The minimum absolute atomic E-state index is 0.0659. The van der Waals surface area contributed by atoms with E-state index in [1.807, 2.05) is 11.4 Å². The fraction of sp³-hybridized carbons (Fsp3) is 0.167. The van der Waals surface area contributed by atoms with E-state index in [0.29, 0.717) is 0 Å². The van der Waals surface area contributed by atoms with Crippen LogP contribution in [0.2, 0.25) is 5.02 Å². The van der Waals surface area contributed by atoms with Crippen molar-refractivity contribution in [3.63, 3.8) is 0 Å². The van der Waals surface area contributed by atoms with Crippen LogP contribution in [0.4, 0.5) is 10.5 Å². The summed E-state index contributed by atoms with van der Waals surface area (Å²) in [6.07, 6.45) is -1.33. The van der Waals surface area contributed by atoms with Crippen molar-refractivity contribution in [1.29, 1.82) is 0 Å². The molecule has 0 radical (unpaired) electrons. The third kappa shape index (κ3) is 5.78. The number of hydrogen-bond acceptors (Lipinski definition) is 6. The molecule has 0 bridgehead atoms. The number of nitro groups is 1. The molecule has 0 fully saturated rings. The summed E-state index contributed by atoms with van der Waals surface area (Å²) in [5, 5.41) is 15.3. The number of rotatable bonds is 6. The van der Waals surface area contributed by atoms with Crippen molar-refractivity contribution < 1.29 is 24.0 Å². The Morgan fingerprint density at radius 1 is 1.18 bits per heavy atom. The number of amides is 3. The van der Waals surface area contributed by atoms with Gasteiger partial charge in [0.05, 0.1) is 15.5 Å². The second-order valence-electron chi connectivity index (χ2n) is 5.63. The number of benzene rings is 2. The molecular formula is C18H16ClN3O6. The lowest BCUT2D eigenvalue weighted by atomic mass is 10.2. The van der Waals surface area contributed by atoms with Gasteiger partial charge in [0, 0.05) is 18.7 Å². The second kappa shape index (κ2) is 9.47. The van der Waals surface area contributed by atoms with Crippen LogP contribution in [0.15, 0.2) is 48.5 Å². The van der Waals surface area contributed by atoms with Crippen LogP contribution in [-0.2, 0) is 16.1 Å². The largest absolute Gasteiger partial charge is 0.449 e. The average molecular weight is 406 g/mol. The molecule has 0 spiro atoms. The molecule has 146 valence electrons. The Balaban J connectivity index is 1.91. The van der Waals surface area contributed by atoms with Crippen LogP contribution in [0.25, 0.3) is 0 Å². The Morgan fingerprint density at radius 2 is 1.86 bits per heavy atom. The van der Waals surface area contributed by atoms with E-state index in [1.165, 1.54) is 13.0 Å². The fourth-order valence-electron chi connectivity index (χ4n) is 2.10. The molecule has 0 heterocycles. The maximum atomic E-state index is 12.1. The molecule has 0 saturated carbocycles. The number of carbonyl (C=O) groups excluding carboxylic acids is 3. The van der Waals surface area contributed by atoms with E-state index < -0.39 is 28.9 Å². The minimum atomic E-state index is -1.33. The summed E-state index contributed by atoms with van der Waals surface area (Å²) in [5.41, 5.74) is 0.225. The summed E-state index contributed by atoms with van der Waals surface area (Å²) in [4.78, 5) is 46.0. The van der Waals surface area contributed by atoms with Crippen LogP contribution in [0.5, 0.6) is 0 Å². The zero-order valence-electron chi connectivity index (χ0n) is 14.7. The van der Waals surface area contributed by atoms with Crippen LogP contribution in [0.3, 0.4) is 0 Å². The number of nitrogens with zero attached hydrogens (tertiary/aromatic N) is 1. The molecule has 0 aliphatic rings. The van der Waals surface area contributed by atoms with Crippen LogP contribution in [0.1, 0.15) is 22.8 Å². The maximum absolute atomic E-state index is 12.1. The summed E-state index contributed by atoms with van der Waals surface area (Å²) in [5.74, 6) is -1.89. The summed E-state index contributed by atoms with van der Waals surface area (Å²) >= 11 is 5.85. The van der Waals surface area contributed by atoms with Gasteiger partial charge in [0.25, 0.3) is 11.6 Å². The number of imide groups is 1. The third-order valence-electron chi connectivity index (χ3n) is 3.57. The highest BCUT2D eigenvalue weighted by atomic mass is 35.5. The van der Waals surface area contributed by atoms with Gasteiger partial charge in [-0.1, -0.05) is 41.9 Å². The standard InChI is InChI=1S/C18H16ClN3O6/c1-11(16(23)21-18(25)20-10-12-5-3-2-4-6-12)28-17(24)14-9-13(22(26)27)7-8-15(14)19/h2-9,11H,10H2,1H3,(H2,20,21,23,25). The van der Waals surface area contributed by atoms with Crippen molar-refractivity contribution in [3.05, 3.63) is 74.8 Å². The van der Waals surface area contributed by atoms with Gasteiger partial charge in [0.15, 0.2) is 6.10 Å². The molecule has 10 heteroatoms. The highest BCUT2D eigenvalue weighted by molar-refractivity contribution is 6.33. The average Bonchev–Trinajstić information content (AvgIpc) is 2.67. The number of halogens is 1. The van der Waals surface area contributed by atoms with Crippen molar-refractivity contribution in [1.82, 2.24) is 10.6 Å². The summed E-state index contributed by atoms with van der Waals surface area (Å²) in [7, 11) is 0. The Morgan fingerprint density at radius 3 is 2.50 bits per heavy atom. The minimum Gasteiger partial charge on any atom is -0.449 e. The molecule has 9 nitrogen and oxygen atoms in total. The lowest BCUT2D eigenvalue weighted by Gasteiger charge is -2.14. The molecule has 0 aliphatic carbocycles. The van der Waals surface area contributed by atoms with E-state index in [2.05, 4.69) is 5.32 Å². The number of nitrogens with one attached hydrogen (secondary N) is 2. The van der Waals surface area contributed by atoms with Gasteiger partial charge in [0.2, 0.25) is 0 Å². The van der Waals surface area contributed by atoms with Crippen LogP contribution < -0.4 is 10.6 Å². The van der Waals surface area contributed by atoms with Gasteiger partial charge in [-0.25, -0.2) is 9.59 Å². The van der Waals surface area contributed by atoms with E-state index in [9.17, 15) is 24.5 Å². The Kier molecular flexibility index (Phi) is 7.05. The fourth-order valence-corrected chi connectivity index (χ4v) is 2.29. The maximum Gasteiger partial charge on any atom is 0.340 e. The van der Waals surface area contributed by atoms with Crippen LogP contribution in [0, 0.1) is 10.1 Å². The Hall–Kier alpha value is -3.46. The van der Waals surface area contributed by atoms with Crippen molar-refractivity contribution in [3.8, 4) is 0 Å². The van der Waals surface area contributed by atoms with Gasteiger partial charge in [-0.15, -0.1) is 0 Å². The summed E-state index contributed by atoms with van der Waals surface area (Å²) in [6.45, 7) is 1.46. The highest BCUT2D eigenvalue weighted by Gasteiger charge is 2.23. The number of esters is 1. The van der Waals surface area contributed by atoms with E-state index in [0.717, 1.165) is 17.7 Å². The number of non-ortho nitro benzene ring substituents is 1.